The molecule has 0 spiro atoms. The van der Waals surface area contributed by atoms with E-state index in [-0.39, 0.29) is 19.4 Å². The van der Waals surface area contributed by atoms with Gasteiger partial charge in [0.05, 0.1) is 31.8 Å². The van der Waals surface area contributed by atoms with E-state index in [1.165, 1.54) is 58.1 Å². The lowest BCUT2D eigenvalue weighted by molar-refractivity contribution is -0.144. The van der Waals surface area contributed by atoms with Crippen molar-refractivity contribution in [1.82, 2.24) is 0 Å². The van der Waals surface area contributed by atoms with Crippen molar-refractivity contribution in [2.75, 3.05) is 6.61 Å². The molecule has 3 N–H and O–H groups in total. The minimum absolute atomic E-state index is 0.0720. The summed E-state index contributed by atoms with van der Waals surface area (Å²) < 4.78 is 4.78. The van der Waals surface area contributed by atoms with Gasteiger partial charge in [0.1, 0.15) is 0 Å². The highest BCUT2D eigenvalue weighted by Gasteiger charge is 2.04. The number of unbranched alkanes of at least 4 members (excludes halogenated alkanes) is 8. The van der Waals surface area contributed by atoms with Crippen molar-refractivity contribution in [2.45, 2.75) is 90.6 Å². The van der Waals surface area contributed by atoms with Crippen molar-refractivity contribution >= 4 is 11.9 Å². The summed E-state index contributed by atoms with van der Waals surface area (Å²) in [5, 5.41) is 24.4. The number of carboxylic acid groups (broad SMARTS) is 1. The van der Waals surface area contributed by atoms with Gasteiger partial charge in [0.25, 0.3) is 0 Å². The molecule has 1 atom stereocenters. The highest BCUT2D eigenvalue weighted by atomic mass is 16.5. The van der Waals surface area contributed by atoms with Crippen molar-refractivity contribution < 1.29 is 29.6 Å². The number of carbonyl (C=O) groups is 2. The van der Waals surface area contributed by atoms with Gasteiger partial charge in [-0.15, -0.1) is 0 Å². The van der Waals surface area contributed by atoms with Crippen LogP contribution < -0.4 is 0 Å². The lowest BCUT2D eigenvalue weighted by Crippen LogP contribution is -2.03. The smallest absolute Gasteiger partial charge is 0.311 e. The Morgan fingerprint density at radius 1 is 1.00 bits per heavy atom. The van der Waals surface area contributed by atoms with Gasteiger partial charge in [-0.2, -0.15) is 0 Å². The van der Waals surface area contributed by atoms with Gasteiger partial charge in [-0.1, -0.05) is 51.9 Å². The van der Waals surface area contributed by atoms with Crippen LogP contribution >= 0.6 is 0 Å². The van der Waals surface area contributed by atoms with Crippen LogP contribution in [0, 0.1) is 0 Å². The highest BCUT2D eigenvalue weighted by molar-refractivity contribution is 5.76. The molecule has 0 aromatic heterocycles. The Labute approximate surface area is 151 Å². The van der Waals surface area contributed by atoms with Crippen LogP contribution in [0.15, 0.2) is 12.3 Å². The van der Waals surface area contributed by atoms with Gasteiger partial charge < -0.3 is 20.1 Å². The standard InChI is InChI=1S/C16H28O4.C3H8O2/c1-2-3-4-5-6-7-8-9-10-11-14-20-16(19)13-12-15(17)18;1-3(5)2-4/h11,14H,2-10,12-13H2,1H3,(H,17,18);3-5H,2H2,1H3/b14-11+;. The molecule has 0 aliphatic rings. The highest BCUT2D eigenvalue weighted by Crippen LogP contribution is 2.09. The summed E-state index contributed by atoms with van der Waals surface area (Å²) in [6, 6.07) is 0. The summed E-state index contributed by atoms with van der Waals surface area (Å²) in [7, 11) is 0. The van der Waals surface area contributed by atoms with Crippen molar-refractivity contribution in [3.05, 3.63) is 12.3 Å². The van der Waals surface area contributed by atoms with Gasteiger partial charge in [-0.25, -0.2) is 0 Å². The largest absolute Gasteiger partial charge is 0.481 e. The first-order valence-corrected chi connectivity index (χ1v) is 9.29. The van der Waals surface area contributed by atoms with Crippen LogP contribution in [0.5, 0.6) is 0 Å². The number of ether oxygens (including phenoxy) is 1. The van der Waals surface area contributed by atoms with Crippen LogP contribution in [-0.4, -0.2) is 40.0 Å². The maximum absolute atomic E-state index is 11.1. The second-order valence-electron chi connectivity index (χ2n) is 6.05. The third-order valence-corrected chi connectivity index (χ3v) is 3.33. The molecule has 0 aromatic rings. The summed E-state index contributed by atoms with van der Waals surface area (Å²) in [4.78, 5) is 21.3. The Hall–Kier alpha value is -1.40. The SMILES string of the molecule is CC(O)CO.CCCCCCCCCC/C=C/OC(=O)CCC(=O)O. The molecule has 0 heterocycles. The van der Waals surface area contributed by atoms with E-state index in [0.717, 1.165) is 12.8 Å². The predicted octanol–water partition coefficient (Wildman–Crippen LogP) is 3.80. The number of aliphatic hydroxyl groups is 2. The monoisotopic (exact) mass is 360 g/mol. The first kappa shape index (κ1) is 25.8. The number of hydrogen-bond acceptors (Lipinski definition) is 5. The van der Waals surface area contributed by atoms with E-state index in [4.69, 9.17) is 20.1 Å². The van der Waals surface area contributed by atoms with Crippen LogP contribution in [0.1, 0.15) is 84.5 Å². The second-order valence-corrected chi connectivity index (χ2v) is 6.05. The average Bonchev–Trinajstić information content (AvgIpc) is 2.58. The number of esters is 1. The number of rotatable bonds is 14. The Bertz CT molecular complexity index is 339. The van der Waals surface area contributed by atoms with Gasteiger partial charge in [-0.05, 0) is 25.8 Å². The van der Waals surface area contributed by atoms with Crippen LogP contribution in [0.2, 0.25) is 0 Å². The first-order chi connectivity index (χ1) is 11.9. The van der Waals surface area contributed by atoms with Crippen LogP contribution in [0.3, 0.4) is 0 Å². The fraction of sp³-hybridized carbons (Fsp3) is 0.789. The number of aliphatic carboxylic acids is 1. The van der Waals surface area contributed by atoms with Crippen molar-refractivity contribution in [3.8, 4) is 0 Å². The maximum atomic E-state index is 11.1. The van der Waals surface area contributed by atoms with E-state index in [1.54, 1.807) is 0 Å². The molecule has 0 rings (SSSR count). The summed E-state index contributed by atoms with van der Waals surface area (Å²) in [5.41, 5.74) is 0. The Morgan fingerprint density at radius 3 is 2.00 bits per heavy atom. The van der Waals surface area contributed by atoms with E-state index in [1.807, 2.05) is 6.08 Å². The van der Waals surface area contributed by atoms with E-state index < -0.39 is 18.0 Å². The molecule has 25 heavy (non-hydrogen) atoms. The lowest BCUT2D eigenvalue weighted by Gasteiger charge is -2.00. The van der Waals surface area contributed by atoms with Gasteiger partial charge in [0.2, 0.25) is 0 Å². The molecule has 6 heteroatoms. The van der Waals surface area contributed by atoms with Crippen molar-refractivity contribution in [1.29, 1.82) is 0 Å². The van der Waals surface area contributed by atoms with E-state index in [9.17, 15) is 9.59 Å². The number of aliphatic hydroxyl groups excluding tert-OH is 2. The molecule has 0 amide bonds. The fourth-order valence-corrected chi connectivity index (χ4v) is 1.86. The van der Waals surface area contributed by atoms with E-state index in [0.29, 0.717) is 0 Å². The predicted molar refractivity (Wildman–Crippen MR) is 98.1 cm³/mol. The maximum Gasteiger partial charge on any atom is 0.311 e. The summed E-state index contributed by atoms with van der Waals surface area (Å²) >= 11 is 0. The topological polar surface area (TPSA) is 104 Å². The molecular weight excluding hydrogens is 324 g/mol. The lowest BCUT2D eigenvalue weighted by atomic mass is 10.1. The third-order valence-electron chi connectivity index (χ3n) is 3.33. The number of allylic oxidation sites excluding steroid dienone is 1. The van der Waals surface area contributed by atoms with Crippen molar-refractivity contribution in [2.24, 2.45) is 0 Å². The van der Waals surface area contributed by atoms with Gasteiger partial charge in [0.15, 0.2) is 0 Å². The summed E-state index contributed by atoms with van der Waals surface area (Å²) in [6.45, 7) is 3.61. The molecular formula is C19H36O6. The second kappa shape index (κ2) is 20.6. The van der Waals surface area contributed by atoms with E-state index >= 15 is 0 Å². The Balaban J connectivity index is 0. The molecule has 0 bridgehead atoms. The molecule has 148 valence electrons. The quantitative estimate of drug-likeness (QED) is 0.247. The number of hydrogen-bond donors (Lipinski definition) is 3. The zero-order chi connectivity index (χ0) is 19.3. The van der Waals surface area contributed by atoms with Crippen LogP contribution in [0.4, 0.5) is 0 Å². The van der Waals surface area contributed by atoms with E-state index in [2.05, 4.69) is 6.92 Å². The normalized spacial score (nSPS) is 11.7. The summed E-state index contributed by atoms with van der Waals surface area (Å²) in [5.74, 6) is -1.47. The minimum Gasteiger partial charge on any atom is -0.481 e. The van der Waals surface area contributed by atoms with Crippen LogP contribution in [0.25, 0.3) is 0 Å². The third kappa shape index (κ3) is 27.7. The van der Waals surface area contributed by atoms with Crippen LogP contribution in [-0.2, 0) is 14.3 Å². The molecule has 0 aliphatic carbocycles. The summed E-state index contributed by atoms with van der Waals surface area (Å²) in [6.07, 6.45) is 13.5. The molecule has 0 radical (unpaired) electrons. The zero-order valence-corrected chi connectivity index (χ0v) is 15.8. The number of carbonyl (C=O) groups excluding carboxylic acids is 1. The Morgan fingerprint density at radius 2 is 1.52 bits per heavy atom. The molecule has 6 nitrogen and oxygen atoms in total. The molecule has 0 saturated carbocycles. The van der Waals surface area contributed by atoms with Gasteiger partial charge >= 0.3 is 11.9 Å². The minimum atomic E-state index is -0.982. The number of carboxylic acids is 1. The zero-order valence-electron chi connectivity index (χ0n) is 15.8. The molecule has 0 aliphatic heterocycles. The Kier molecular flexibility index (Phi) is 21.3. The fourth-order valence-electron chi connectivity index (χ4n) is 1.86. The van der Waals surface area contributed by atoms with Crippen molar-refractivity contribution in [3.63, 3.8) is 0 Å². The van der Waals surface area contributed by atoms with Gasteiger partial charge in [0, 0.05) is 0 Å². The van der Waals surface area contributed by atoms with Gasteiger partial charge in [-0.3, -0.25) is 9.59 Å². The molecule has 0 saturated heterocycles. The average molecular weight is 360 g/mol. The molecule has 0 fully saturated rings. The molecule has 0 aromatic carbocycles. The first-order valence-electron chi connectivity index (χ1n) is 9.29. The molecule has 1 unspecified atom stereocenters.